The lowest BCUT2D eigenvalue weighted by atomic mass is 10.0. The molecule has 3 heteroatoms. The predicted molar refractivity (Wildman–Crippen MR) is 127 cm³/mol. The van der Waals surface area contributed by atoms with E-state index in [-0.39, 0.29) is 0 Å². The van der Waals surface area contributed by atoms with Gasteiger partial charge in [0.25, 0.3) is 0 Å². The molecular formula is C27H40N2O. The second kappa shape index (κ2) is 13.4. The summed E-state index contributed by atoms with van der Waals surface area (Å²) in [6, 6.07) is 8.29. The zero-order valence-electron chi connectivity index (χ0n) is 19.0. The molecule has 0 unspecified atom stereocenters. The number of hydrogen-bond acceptors (Lipinski definition) is 3. The molecule has 0 amide bonds. The van der Waals surface area contributed by atoms with Crippen LogP contribution in [0.3, 0.4) is 0 Å². The summed E-state index contributed by atoms with van der Waals surface area (Å²) in [4.78, 5) is 0. The van der Waals surface area contributed by atoms with Crippen molar-refractivity contribution in [3.63, 3.8) is 0 Å². The van der Waals surface area contributed by atoms with Crippen LogP contribution in [0, 0.1) is 6.54 Å². The average Bonchev–Trinajstić information content (AvgIpc) is 2.78. The van der Waals surface area contributed by atoms with Gasteiger partial charge >= 0.3 is 0 Å². The molecule has 0 aliphatic carbocycles. The zero-order chi connectivity index (χ0) is 20.9. The summed E-state index contributed by atoms with van der Waals surface area (Å²) in [5, 5.41) is 4.32. The molecule has 0 bridgehead atoms. The maximum atomic E-state index is 6.02. The van der Waals surface area contributed by atoms with Gasteiger partial charge in [-0.15, -0.1) is 0 Å². The largest absolute Gasteiger partial charge is 0.437 e. The molecule has 1 aromatic rings. The lowest BCUT2D eigenvalue weighted by Gasteiger charge is -2.42. The van der Waals surface area contributed by atoms with E-state index < -0.39 is 0 Å². The summed E-state index contributed by atoms with van der Waals surface area (Å²) in [5.41, 5.74) is 1.13. The molecular weight excluding hydrogens is 368 g/mol. The first-order chi connectivity index (χ1) is 14.9. The van der Waals surface area contributed by atoms with Crippen molar-refractivity contribution in [1.82, 2.24) is 5.01 Å². The van der Waals surface area contributed by atoms with Crippen LogP contribution in [0.1, 0.15) is 96.8 Å². The first kappa shape index (κ1) is 22.8. The molecule has 164 valence electrons. The van der Waals surface area contributed by atoms with E-state index in [0.717, 1.165) is 23.9 Å². The molecule has 2 aliphatic rings. The van der Waals surface area contributed by atoms with Crippen molar-refractivity contribution in [3.05, 3.63) is 54.9 Å². The molecule has 0 atom stereocenters. The normalized spacial score (nSPS) is 14.9. The van der Waals surface area contributed by atoms with Gasteiger partial charge in [-0.3, -0.25) is 5.01 Å². The third-order valence-electron chi connectivity index (χ3n) is 6.06. The molecule has 3 nitrogen and oxygen atoms in total. The van der Waals surface area contributed by atoms with Gasteiger partial charge in [0.05, 0.1) is 0 Å². The van der Waals surface area contributed by atoms with Crippen LogP contribution in [0.5, 0.6) is 5.75 Å². The highest BCUT2D eigenvalue weighted by Crippen LogP contribution is 2.38. The SMILES string of the molecule is CCCCCCCCCCCCCCCCN1c2ccccc2OC2=CC=C[C]N21. The minimum absolute atomic E-state index is 0.835. The molecule has 0 N–H and O–H groups in total. The van der Waals surface area contributed by atoms with Crippen LogP contribution in [0.2, 0.25) is 0 Å². The summed E-state index contributed by atoms with van der Waals surface area (Å²) in [6.07, 6.45) is 25.4. The van der Waals surface area contributed by atoms with Crippen LogP contribution in [-0.4, -0.2) is 11.6 Å². The Balaban J connectivity index is 1.25. The average molecular weight is 409 g/mol. The lowest BCUT2D eigenvalue weighted by molar-refractivity contribution is 0.212. The van der Waals surface area contributed by atoms with Gasteiger partial charge in [0.2, 0.25) is 5.88 Å². The molecule has 0 saturated carbocycles. The molecule has 0 fully saturated rings. The monoisotopic (exact) mass is 408 g/mol. The van der Waals surface area contributed by atoms with Crippen molar-refractivity contribution in [2.75, 3.05) is 11.6 Å². The lowest BCUT2D eigenvalue weighted by Crippen LogP contribution is -2.45. The van der Waals surface area contributed by atoms with Gasteiger partial charge in [-0.1, -0.05) is 115 Å². The van der Waals surface area contributed by atoms with Crippen LogP contribution in [-0.2, 0) is 0 Å². The number of anilines is 1. The number of ether oxygens (including phenoxy) is 1. The topological polar surface area (TPSA) is 15.7 Å². The number of fused-ring (bicyclic) bond motifs is 2. The van der Waals surface area contributed by atoms with Gasteiger partial charge in [-0.25, -0.2) is 5.01 Å². The summed E-state index contributed by atoms with van der Waals surface area (Å²) in [6.45, 7) is 6.58. The van der Waals surface area contributed by atoms with E-state index >= 15 is 0 Å². The minimum atomic E-state index is 0.835. The van der Waals surface area contributed by atoms with Crippen molar-refractivity contribution in [2.24, 2.45) is 0 Å². The molecule has 3 rings (SSSR count). The maximum Gasteiger partial charge on any atom is 0.215 e. The van der Waals surface area contributed by atoms with E-state index in [4.69, 9.17) is 4.74 Å². The van der Waals surface area contributed by atoms with Gasteiger partial charge in [0, 0.05) is 12.6 Å². The molecule has 30 heavy (non-hydrogen) atoms. The van der Waals surface area contributed by atoms with Crippen LogP contribution >= 0.6 is 0 Å². The van der Waals surface area contributed by atoms with Crippen LogP contribution in [0.4, 0.5) is 5.69 Å². The fourth-order valence-corrected chi connectivity index (χ4v) is 4.30. The quantitative estimate of drug-likeness (QED) is 0.273. The van der Waals surface area contributed by atoms with E-state index in [1.165, 1.54) is 89.9 Å². The van der Waals surface area contributed by atoms with E-state index in [1.807, 2.05) is 35.4 Å². The van der Waals surface area contributed by atoms with Gasteiger partial charge < -0.3 is 4.74 Å². The molecule has 2 heterocycles. The third-order valence-corrected chi connectivity index (χ3v) is 6.06. The Hall–Kier alpha value is -1.90. The Kier molecular flexibility index (Phi) is 10.2. The van der Waals surface area contributed by atoms with Gasteiger partial charge in [-0.2, -0.15) is 0 Å². The molecule has 0 saturated heterocycles. The molecule has 2 aliphatic heterocycles. The van der Waals surface area contributed by atoms with Crippen molar-refractivity contribution in [1.29, 1.82) is 0 Å². The Labute approximate surface area is 184 Å². The van der Waals surface area contributed by atoms with E-state index in [2.05, 4.69) is 30.6 Å². The number of unbranched alkanes of at least 4 members (excludes halogenated alkanes) is 13. The Morgan fingerprint density at radius 1 is 0.767 bits per heavy atom. The number of benzene rings is 1. The predicted octanol–water partition coefficient (Wildman–Crippen LogP) is 8.03. The van der Waals surface area contributed by atoms with Gasteiger partial charge in [-0.05, 0) is 18.6 Å². The second-order valence-corrected chi connectivity index (χ2v) is 8.59. The fraction of sp³-hybridized carbons (Fsp3) is 0.593. The molecule has 2 radical (unpaired) electrons. The fourth-order valence-electron chi connectivity index (χ4n) is 4.30. The van der Waals surface area contributed by atoms with Crippen molar-refractivity contribution >= 4 is 5.69 Å². The number of rotatable bonds is 15. The number of para-hydroxylation sites is 2. The Morgan fingerprint density at radius 2 is 1.37 bits per heavy atom. The summed E-state index contributed by atoms with van der Waals surface area (Å²) in [7, 11) is 0. The van der Waals surface area contributed by atoms with Crippen LogP contribution < -0.4 is 9.75 Å². The number of hydrazine groups is 1. The Morgan fingerprint density at radius 3 is 2.03 bits per heavy atom. The zero-order valence-corrected chi connectivity index (χ0v) is 19.0. The number of hydrogen-bond donors (Lipinski definition) is 0. The second-order valence-electron chi connectivity index (χ2n) is 8.59. The molecule has 0 spiro atoms. The van der Waals surface area contributed by atoms with E-state index in [0.29, 0.717) is 0 Å². The first-order valence-electron chi connectivity index (χ1n) is 12.4. The summed E-state index contributed by atoms with van der Waals surface area (Å²) >= 11 is 0. The van der Waals surface area contributed by atoms with E-state index in [9.17, 15) is 0 Å². The third kappa shape index (κ3) is 7.11. The van der Waals surface area contributed by atoms with Gasteiger partial charge in [0.1, 0.15) is 12.2 Å². The van der Waals surface area contributed by atoms with Crippen molar-refractivity contribution in [2.45, 2.75) is 96.8 Å². The Bertz CT molecular complexity index is 667. The molecule has 0 aromatic heterocycles. The standard InChI is InChI=1S/C27H40N2O/c1-2-3-4-5-6-7-8-9-10-11-12-13-14-18-23-28-25-20-15-16-21-26(25)30-27-22-17-19-24-29(27)28/h15-17,19-22H,2-14,18,23H2,1H3. The minimum Gasteiger partial charge on any atom is -0.437 e. The van der Waals surface area contributed by atoms with Crippen LogP contribution in [0.15, 0.2) is 48.4 Å². The van der Waals surface area contributed by atoms with Crippen LogP contribution in [0.25, 0.3) is 0 Å². The summed E-state index contributed by atoms with van der Waals surface area (Å²) in [5.74, 6) is 1.77. The number of allylic oxidation sites excluding steroid dienone is 2. The molecule has 1 aromatic carbocycles. The highest BCUT2D eigenvalue weighted by Gasteiger charge is 2.29. The smallest absolute Gasteiger partial charge is 0.215 e. The first-order valence-corrected chi connectivity index (χ1v) is 12.4. The van der Waals surface area contributed by atoms with Crippen molar-refractivity contribution < 1.29 is 4.74 Å². The van der Waals surface area contributed by atoms with Gasteiger partial charge in [0.15, 0.2) is 5.75 Å². The number of nitrogens with zero attached hydrogens (tertiary/aromatic N) is 2. The summed E-state index contributed by atoms with van der Waals surface area (Å²) < 4.78 is 6.02. The highest BCUT2D eigenvalue weighted by atomic mass is 16.5. The van der Waals surface area contributed by atoms with E-state index in [1.54, 1.807) is 0 Å². The van der Waals surface area contributed by atoms with Crippen molar-refractivity contribution in [3.8, 4) is 5.75 Å². The maximum absolute atomic E-state index is 6.02. The highest BCUT2D eigenvalue weighted by molar-refractivity contribution is 5.61.